The van der Waals surface area contributed by atoms with Gasteiger partial charge in [-0.25, -0.2) is 9.79 Å². The molecule has 2 unspecified atom stereocenters. The Kier molecular flexibility index (Phi) is 7.42. The summed E-state index contributed by atoms with van der Waals surface area (Å²) in [6.45, 7) is 12.9. The second-order valence-electron chi connectivity index (χ2n) is 9.39. The minimum absolute atomic E-state index is 0.0131. The highest BCUT2D eigenvalue weighted by atomic mass is 16.7. The largest absolute Gasteiger partial charge is 0.491 e. The molecular weight excluding hydrogens is 444 g/mol. The lowest BCUT2D eigenvalue weighted by molar-refractivity contribution is 0.145. The molecular formula is C27H34N4O4. The van der Waals surface area contributed by atoms with Crippen LogP contribution in [0.2, 0.25) is 0 Å². The number of epoxide rings is 1. The van der Waals surface area contributed by atoms with Gasteiger partial charge in [0.2, 0.25) is 5.96 Å². The number of carbonyl (C=O) groups excluding carboxylic acids is 1. The van der Waals surface area contributed by atoms with Crippen LogP contribution in [0.5, 0.6) is 5.75 Å². The molecule has 0 spiro atoms. The molecule has 0 bridgehead atoms. The highest BCUT2D eigenvalue weighted by Crippen LogP contribution is 2.29. The summed E-state index contributed by atoms with van der Waals surface area (Å²) in [4.78, 5) is 21.7. The molecule has 0 aliphatic carbocycles. The summed E-state index contributed by atoms with van der Waals surface area (Å²) in [7, 11) is 0. The minimum atomic E-state index is -0.736. The van der Waals surface area contributed by atoms with E-state index in [2.05, 4.69) is 11.9 Å². The number of aliphatic hydroxyl groups is 1. The number of aliphatic hydroxyl groups excluding tert-OH is 1. The number of nitrogens with one attached hydrogen (secondary N) is 1. The van der Waals surface area contributed by atoms with E-state index in [4.69, 9.17) is 14.5 Å². The number of nitrogens with zero attached hydrogens (tertiary/aromatic N) is 3. The number of ether oxygens (including phenoxy) is 2. The van der Waals surface area contributed by atoms with Gasteiger partial charge in [0.05, 0.1) is 25.0 Å². The van der Waals surface area contributed by atoms with Crippen LogP contribution in [0.1, 0.15) is 37.5 Å². The lowest BCUT2D eigenvalue weighted by Gasteiger charge is -2.38. The van der Waals surface area contributed by atoms with Gasteiger partial charge < -0.3 is 24.8 Å². The number of urea groups is 1. The zero-order valence-electron chi connectivity index (χ0n) is 20.8. The van der Waals surface area contributed by atoms with Gasteiger partial charge in [-0.1, -0.05) is 43.8 Å². The van der Waals surface area contributed by atoms with Crippen molar-refractivity contribution in [2.75, 3.05) is 13.2 Å². The third kappa shape index (κ3) is 6.01. The number of hydrogen-bond donors (Lipinski definition) is 2. The van der Waals surface area contributed by atoms with E-state index in [1.165, 1.54) is 0 Å². The molecule has 0 saturated carbocycles. The van der Waals surface area contributed by atoms with E-state index < -0.39 is 6.29 Å². The molecule has 8 heteroatoms. The van der Waals surface area contributed by atoms with Gasteiger partial charge in [0, 0.05) is 12.5 Å². The van der Waals surface area contributed by atoms with Gasteiger partial charge in [-0.3, -0.25) is 4.90 Å². The lowest BCUT2D eigenvalue weighted by atomic mass is 10.1. The Labute approximate surface area is 206 Å². The molecule has 2 N–H and O–H groups in total. The summed E-state index contributed by atoms with van der Waals surface area (Å²) < 4.78 is 11.0. The van der Waals surface area contributed by atoms with Gasteiger partial charge in [0.1, 0.15) is 11.9 Å². The highest BCUT2D eigenvalue weighted by molar-refractivity contribution is 5.99. The van der Waals surface area contributed by atoms with Crippen LogP contribution >= 0.6 is 0 Å². The van der Waals surface area contributed by atoms with Gasteiger partial charge in [0.25, 0.3) is 0 Å². The van der Waals surface area contributed by atoms with Crippen molar-refractivity contribution >= 4 is 23.8 Å². The van der Waals surface area contributed by atoms with E-state index in [0.717, 1.165) is 28.1 Å². The van der Waals surface area contributed by atoms with Crippen molar-refractivity contribution < 1.29 is 19.4 Å². The van der Waals surface area contributed by atoms with Crippen LogP contribution in [0, 0.1) is 12.8 Å². The summed E-state index contributed by atoms with van der Waals surface area (Å²) in [5.41, 5.74) is 3.71. The number of rotatable bonds is 9. The van der Waals surface area contributed by atoms with Crippen LogP contribution in [0.4, 0.5) is 10.5 Å². The van der Waals surface area contributed by atoms with Crippen LogP contribution < -0.4 is 10.1 Å². The van der Waals surface area contributed by atoms with Gasteiger partial charge in [-0.2, -0.15) is 0 Å². The van der Waals surface area contributed by atoms with Crippen molar-refractivity contribution in [2.45, 2.75) is 52.7 Å². The van der Waals surface area contributed by atoms with E-state index in [-0.39, 0.29) is 24.2 Å². The van der Waals surface area contributed by atoms with Crippen molar-refractivity contribution in [2.24, 2.45) is 10.9 Å². The third-order valence-electron chi connectivity index (χ3n) is 6.07. The molecule has 35 heavy (non-hydrogen) atoms. The Hall–Kier alpha value is -3.36. The first-order valence-electron chi connectivity index (χ1n) is 12.0. The van der Waals surface area contributed by atoms with Gasteiger partial charge in [0.15, 0.2) is 6.29 Å². The summed E-state index contributed by atoms with van der Waals surface area (Å²) >= 11 is 0. The van der Waals surface area contributed by atoms with Crippen LogP contribution in [0.15, 0.2) is 54.0 Å². The van der Waals surface area contributed by atoms with E-state index in [9.17, 15) is 9.90 Å². The number of amides is 2. The monoisotopic (exact) mass is 478 g/mol. The molecule has 0 radical (unpaired) electrons. The Morgan fingerprint density at radius 1 is 1.26 bits per heavy atom. The fourth-order valence-corrected chi connectivity index (χ4v) is 4.11. The molecule has 2 fully saturated rings. The molecule has 2 amide bonds. The molecule has 2 aliphatic heterocycles. The third-order valence-corrected chi connectivity index (χ3v) is 6.07. The Balaban J connectivity index is 1.58. The highest BCUT2D eigenvalue weighted by Gasteiger charge is 2.43. The van der Waals surface area contributed by atoms with Crippen molar-refractivity contribution in [3.8, 4) is 5.75 Å². The maximum absolute atomic E-state index is 13.5. The zero-order valence-corrected chi connectivity index (χ0v) is 20.8. The van der Waals surface area contributed by atoms with Crippen LogP contribution in [0.3, 0.4) is 0 Å². The summed E-state index contributed by atoms with van der Waals surface area (Å²) in [6, 6.07) is 13.5. The average molecular weight is 479 g/mol. The van der Waals surface area contributed by atoms with Crippen molar-refractivity contribution in [3.05, 3.63) is 65.7 Å². The lowest BCUT2D eigenvalue weighted by Crippen LogP contribution is -2.60. The molecule has 2 aromatic rings. The first-order chi connectivity index (χ1) is 16.7. The van der Waals surface area contributed by atoms with E-state index >= 15 is 0 Å². The Bertz CT molecular complexity index is 1100. The SMILES string of the molecule is C=Cc1ccc(CN2C(=O)N(C[C@H](C)C3OC3O)CN/C2=N\c2ccc(OC(C)C)c(C)c2)cc1. The van der Waals surface area contributed by atoms with Crippen molar-refractivity contribution in [1.29, 1.82) is 0 Å². The maximum atomic E-state index is 13.5. The first kappa shape index (κ1) is 24.8. The Morgan fingerprint density at radius 2 is 1.97 bits per heavy atom. The average Bonchev–Trinajstić information content (AvgIpc) is 3.56. The second kappa shape index (κ2) is 10.5. The molecule has 2 aromatic carbocycles. The zero-order chi connectivity index (χ0) is 25.1. The van der Waals surface area contributed by atoms with Crippen LogP contribution in [-0.4, -0.2) is 58.6 Å². The molecule has 2 saturated heterocycles. The number of aliphatic imine (C=N–C) groups is 1. The van der Waals surface area contributed by atoms with E-state index in [1.807, 2.05) is 70.2 Å². The van der Waals surface area contributed by atoms with Gasteiger partial charge in [-0.05, 0) is 55.7 Å². The molecule has 186 valence electrons. The minimum Gasteiger partial charge on any atom is -0.491 e. The molecule has 2 heterocycles. The van der Waals surface area contributed by atoms with Crippen LogP contribution in [-0.2, 0) is 11.3 Å². The topological polar surface area (TPSA) is 89.9 Å². The second-order valence-corrected chi connectivity index (χ2v) is 9.39. The number of aryl methyl sites for hydroxylation is 1. The fraction of sp³-hybridized carbons (Fsp3) is 0.407. The number of guanidine groups is 1. The smallest absolute Gasteiger partial charge is 0.328 e. The summed E-state index contributed by atoms with van der Waals surface area (Å²) in [6.07, 6.45) is 0.908. The first-order valence-corrected chi connectivity index (χ1v) is 12.0. The summed E-state index contributed by atoms with van der Waals surface area (Å²) in [5.74, 6) is 1.32. The number of benzene rings is 2. The Morgan fingerprint density at radius 3 is 2.57 bits per heavy atom. The molecule has 0 aromatic heterocycles. The van der Waals surface area contributed by atoms with E-state index in [0.29, 0.717) is 25.7 Å². The quantitative estimate of drug-likeness (QED) is 0.526. The predicted octanol–water partition coefficient (Wildman–Crippen LogP) is 4.25. The van der Waals surface area contributed by atoms with Crippen molar-refractivity contribution in [3.63, 3.8) is 0 Å². The molecule has 8 nitrogen and oxygen atoms in total. The van der Waals surface area contributed by atoms with Crippen molar-refractivity contribution in [1.82, 2.24) is 15.1 Å². The number of carbonyl (C=O) groups is 1. The summed E-state index contributed by atoms with van der Waals surface area (Å²) in [5, 5.41) is 12.9. The molecule has 4 rings (SSSR count). The van der Waals surface area contributed by atoms with Gasteiger partial charge in [-0.15, -0.1) is 0 Å². The maximum Gasteiger partial charge on any atom is 0.328 e. The fourth-order valence-electron chi connectivity index (χ4n) is 4.11. The predicted molar refractivity (Wildman–Crippen MR) is 136 cm³/mol. The van der Waals surface area contributed by atoms with Gasteiger partial charge >= 0.3 is 6.03 Å². The number of hydrogen-bond acceptors (Lipinski definition) is 5. The molecule has 3 atom stereocenters. The van der Waals surface area contributed by atoms with Crippen LogP contribution in [0.25, 0.3) is 6.08 Å². The normalized spacial score (nSPS) is 21.8. The molecule has 2 aliphatic rings. The standard InChI is InChI=1S/C27H34N4O4/c1-6-20-7-9-21(10-8-20)15-31-26(29-22-11-12-23(18(4)13-22)34-17(2)3)28-16-30(27(31)33)14-19(5)24-25(32)35-24/h6-13,17,19,24-25,32H,1,14-16H2,2-5H3,(H,28,29)/t19-,24?,25?/m0/s1. The van der Waals surface area contributed by atoms with E-state index in [1.54, 1.807) is 15.9 Å².